The van der Waals surface area contributed by atoms with Crippen LogP contribution in [0.4, 0.5) is 0 Å². The summed E-state index contributed by atoms with van der Waals surface area (Å²) in [7, 11) is 0. The first-order chi connectivity index (χ1) is 7.27. The summed E-state index contributed by atoms with van der Waals surface area (Å²) in [5.74, 6) is 0. The zero-order valence-corrected chi connectivity index (χ0v) is 9.95. The van der Waals surface area contributed by atoms with Gasteiger partial charge in [-0.15, -0.1) is 16.7 Å². The Morgan fingerprint density at radius 1 is 1.33 bits per heavy atom. The molecule has 1 aliphatic carbocycles. The fourth-order valence-electron chi connectivity index (χ4n) is 2.17. The molecule has 1 unspecified atom stereocenters. The van der Waals surface area contributed by atoms with Gasteiger partial charge in [0.15, 0.2) is 0 Å². The van der Waals surface area contributed by atoms with Crippen LogP contribution in [0.1, 0.15) is 62.6 Å². The standard InChI is InChI=1S/C11H18ClN3/c1-9(12)11-8-15(14-13-11)10-6-4-2-3-5-7-10/h8-10H,2-7H2,1H3. The minimum absolute atomic E-state index is 0.0375. The SMILES string of the molecule is CC(Cl)c1cn(C2CCCCCC2)nn1. The Bertz CT molecular complexity index is 301. The largest absolute Gasteiger partial charge is 0.249 e. The number of hydrogen-bond acceptors (Lipinski definition) is 2. The predicted octanol–water partition coefficient (Wildman–Crippen LogP) is 3.47. The lowest BCUT2D eigenvalue weighted by atomic mass is 10.1. The van der Waals surface area contributed by atoms with Crippen LogP contribution < -0.4 is 0 Å². The van der Waals surface area contributed by atoms with Crippen molar-refractivity contribution >= 4 is 11.6 Å². The molecule has 1 saturated carbocycles. The topological polar surface area (TPSA) is 30.7 Å². The van der Waals surface area contributed by atoms with E-state index in [9.17, 15) is 0 Å². The van der Waals surface area contributed by atoms with E-state index in [1.807, 2.05) is 17.8 Å². The van der Waals surface area contributed by atoms with E-state index in [1.165, 1.54) is 38.5 Å². The fraction of sp³-hybridized carbons (Fsp3) is 0.818. The molecular formula is C11H18ClN3. The summed E-state index contributed by atoms with van der Waals surface area (Å²) in [6, 6.07) is 0.546. The van der Waals surface area contributed by atoms with Crippen molar-refractivity contribution in [1.29, 1.82) is 0 Å². The Morgan fingerprint density at radius 3 is 2.53 bits per heavy atom. The van der Waals surface area contributed by atoms with E-state index >= 15 is 0 Å². The summed E-state index contributed by atoms with van der Waals surface area (Å²) in [5, 5.41) is 8.25. The molecule has 1 aromatic heterocycles. The molecule has 1 aliphatic rings. The summed E-state index contributed by atoms with van der Waals surface area (Å²) < 4.78 is 2.01. The van der Waals surface area contributed by atoms with Crippen LogP contribution in [0.15, 0.2) is 6.20 Å². The predicted molar refractivity (Wildman–Crippen MR) is 61.0 cm³/mol. The van der Waals surface area contributed by atoms with Crippen molar-refractivity contribution in [2.45, 2.75) is 56.9 Å². The van der Waals surface area contributed by atoms with Crippen LogP contribution in [0.25, 0.3) is 0 Å². The highest BCUT2D eigenvalue weighted by atomic mass is 35.5. The second kappa shape index (κ2) is 4.97. The maximum absolute atomic E-state index is 5.97. The van der Waals surface area contributed by atoms with Gasteiger partial charge in [0.1, 0.15) is 5.69 Å². The molecule has 3 nitrogen and oxygen atoms in total. The molecule has 0 amide bonds. The van der Waals surface area contributed by atoms with Gasteiger partial charge in [-0.05, 0) is 19.8 Å². The zero-order valence-electron chi connectivity index (χ0n) is 9.19. The molecule has 0 saturated heterocycles. The number of hydrogen-bond donors (Lipinski definition) is 0. The van der Waals surface area contributed by atoms with Crippen LogP contribution in [0.5, 0.6) is 0 Å². The molecule has 1 heterocycles. The van der Waals surface area contributed by atoms with Crippen molar-refractivity contribution in [2.75, 3.05) is 0 Å². The molecule has 0 spiro atoms. The Morgan fingerprint density at radius 2 is 2.00 bits per heavy atom. The van der Waals surface area contributed by atoms with Crippen LogP contribution in [0.2, 0.25) is 0 Å². The highest BCUT2D eigenvalue weighted by Gasteiger charge is 2.16. The van der Waals surface area contributed by atoms with Gasteiger partial charge in [-0.25, -0.2) is 4.68 Å². The van der Waals surface area contributed by atoms with Crippen molar-refractivity contribution in [3.63, 3.8) is 0 Å². The maximum atomic E-state index is 5.97. The second-order valence-corrected chi connectivity index (χ2v) is 5.04. The quantitative estimate of drug-likeness (QED) is 0.572. The molecule has 1 fully saturated rings. The molecule has 0 N–H and O–H groups in total. The van der Waals surface area contributed by atoms with Crippen molar-refractivity contribution in [1.82, 2.24) is 15.0 Å². The number of aromatic nitrogens is 3. The van der Waals surface area contributed by atoms with E-state index in [-0.39, 0.29) is 5.38 Å². The third kappa shape index (κ3) is 2.71. The molecule has 1 aromatic rings. The van der Waals surface area contributed by atoms with E-state index in [0.29, 0.717) is 6.04 Å². The minimum Gasteiger partial charge on any atom is -0.249 e. The van der Waals surface area contributed by atoms with Gasteiger partial charge in [-0.2, -0.15) is 0 Å². The van der Waals surface area contributed by atoms with Gasteiger partial charge in [-0.3, -0.25) is 0 Å². The van der Waals surface area contributed by atoms with E-state index in [0.717, 1.165) is 5.69 Å². The monoisotopic (exact) mass is 227 g/mol. The van der Waals surface area contributed by atoms with Gasteiger partial charge in [0.25, 0.3) is 0 Å². The van der Waals surface area contributed by atoms with Crippen molar-refractivity contribution in [3.05, 3.63) is 11.9 Å². The maximum Gasteiger partial charge on any atom is 0.100 e. The Kier molecular flexibility index (Phi) is 3.62. The molecule has 0 aliphatic heterocycles. The first-order valence-corrected chi connectivity index (χ1v) is 6.27. The van der Waals surface area contributed by atoms with E-state index < -0.39 is 0 Å². The lowest BCUT2D eigenvalue weighted by Gasteiger charge is -2.12. The molecular weight excluding hydrogens is 210 g/mol. The highest BCUT2D eigenvalue weighted by molar-refractivity contribution is 6.20. The highest BCUT2D eigenvalue weighted by Crippen LogP contribution is 2.27. The fourth-order valence-corrected chi connectivity index (χ4v) is 2.27. The number of halogens is 1. The number of nitrogens with zero attached hydrogens (tertiary/aromatic N) is 3. The van der Waals surface area contributed by atoms with Crippen molar-refractivity contribution < 1.29 is 0 Å². The van der Waals surface area contributed by atoms with Crippen molar-refractivity contribution in [3.8, 4) is 0 Å². The lowest BCUT2D eigenvalue weighted by Crippen LogP contribution is -2.08. The Hall–Kier alpha value is -0.570. The molecule has 0 bridgehead atoms. The minimum atomic E-state index is -0.0375. The summed E-state index contributed by atoms with van der Waals surface area (Å²) in [6.07, 6.45) is 9.84. The second-order valence-electron chi connectivity index (χ2n) is 4.38. The molecule has 4 heteroatoms. The summed E-state index contributed by atoms with van der Waals surface area (Å²) in [4.78, 5) is 0. The third-order valence-electron chi connectivity index (χ3n) is 3.13. The average Bonchev–Trinajstić information content (AvgIpc) is 2.55. The van der Waals surface area contributed by atoms with Crippen LogP contribution in [0, 0.1) is 0 Å². The van der Waals surface area contributed by atoms with Crippen LogP contribution >= 0.6 is 11.6 Å². The number of alkyl halides is 1. The van der Waals surface area contributed by atoms with Gasteiger partial charge in [-0.1, -0.05) is 30.9 Å². The molecule has 1 atom stereocenters. The van der Waals surface area contributed by atoms with Crippen LogP contribution in [-0.2, 0) is 0 Å². The van der Waals surface area contributed by atoms with Gasteiger partial charge >= 0.3 is 0 Å². The summed E-state index contributed by atoms with van der Waals surface area (Å²) >= 11 is 5.97. The van der Waals surface area contributed by atoms with E-state index in [4.69, 9.17) is 11.6 Å². The van der Waals surface area contributed by atoms with E-state index in [2.05, 4.69) is 10.3 Å². The first-order valence-electron chi connectivity index (χ1n) is 5.83. The molecule has 84 valence electrons. The van der Waals surface area contributed by atoms with Gasteiger partial charge in [0.2, 0.25) is 0 Å². The van der Waals surface area contributed by atoms with Gasteiger partial charge < -0.3 is 0 Å². The average molecular weight is 228 g/mol. The normalized spacial score (nSPS) is 21.2. The number of rotatable bonds is 2. The van der Waals surface area contributed by atoms with Gasteiger partial charge in [0.05, 0.1) is 17.6 Å². The summed E-state index contributed by atoms with van der Waals surface area (Å²) in [5.41, 5.74) is 0.890. The molecule has 0 radical (unpaired) electrons. The van der Waals surface area contributed by atoms with Crippen LogP contribution in [0.3, 0.4) is 0 Å². The molecule has 0 aromatic carbocycles. The van der Waals surface area contributed by atoms with Crippen LogP contribution in [-0.4, -0.2) is 15.0 Å². The third-order valence-corrected chi connectivity index (χ3v) is 3.36. The van der Waals surface area contributed by atoms with Crippen molar-refractivity contribution in [2.24, 2.45) is 0 Å². The molecule has 2 rings (SSSR count). The van der Waals surface area contributed by atoms with E-state index in [1.54, 1.807) is 0 Å². The lowest BCUT2D eigenvalue weighted by molar-refractivity contribution is 0.396. The Labute approximate surface area is 95.8 Å². The first kappa shape index (κ1) is 10.9. The Balaban J connectivity index is 2.06. The molecule has 15 heavy (non-hydrogen) atoms. The zero-order chi connectivity index (χ0) is 10.7. The van der Waals surface area contributed by atoms with Gasteiger partial charge in [0, 0.05) is 0 Å². The summed E-state index contributed by atoms with van der Waals surface area (Å²) in [6.45, 7) is 1.93. The smallest absolute Gasteiger partial charge is 0.100 e.